The van der Waals surface area contributed by atoms with E-state index in [0.717, 1.165) is 5.56 Å². The van der Waals surface area contributed by atoms with E-state index in [0.29, 0.717) is 18.7 Å². The number of benzene rings is 1. The molecule has 1 aromatic rings. The van der Waals surface area contributed by atoms with Gasteiger partial charge in [0.25, 0.3) is 0 Å². The first kappa shape index (κ1) is 17.1. The number of aliphatic hydroxyl groups is 1. The molecule has 1 rings (SSSR count). The molecule has 0 aliphatic carbocycles. The summed E-state index contributed by atoms with van der Waals surface area (Å²) in [5.74, 6) is -0.0957. The van der Waals surface area contributed by atoms with E-state index < -0.39 is 10.0 Å². The van der Waals surface area contributed by atoms with Crippen LogP contribution < -0.4 is 5.73 Å². The van der Waals surface area contributed by atoms with Gasteiger partial charge in [0.2, 0.25) is 10.0 Å². The monoisotopic (exact) mass is 302 g/mol. The Bertz CT molecular complexity index is 488. The average molecular weight is 302 g/mol. The van der Waals surface area contributed by atoms with Crippen LogP contribution in [0.1, 0.15) is 11.1 Å². The number of rotatable bonds is 9. The maximum atomic E-state index is 12.3. The molecule has 0 aliphatic heterocycles. The first-order valence-electron chi connectivity index (χ1n) is 6.39. The Morgan fingerprint density at radius 1 is 1.20 bits per heavy atom. The van der Waals surface area contributed by atoms with E-state index in [4.69, 9.17) is 15.6 Å². The maximum absolute atomic E-state index is 12.3. The number of hydrogen-bond acceptors (Lipinski definition) is 5. The molecule has 0 atom stereocenters. The Morgan fingerprint density at radius 2 is 1.80 bits per heavy atom. The Labute approximate surface area is 120 Å². The predicted molar refractivity (Wildman–Crippen MR) is 77.5 cm³/mol. The molecule has 0 spiro atoms. The van der Waals surface area contributed by atoms with E-state index in [9.17, 15) is 8.42 Å². The van der Waals surface area contributed by atoms with Gasteiger partial charge in [0.05, 0.1) is 19.0 Å². The van der Waals surface area contributed by atoms with Crippen LogP contribution in [0.25, 0.3) is 0 Å². The number of sulfonamides is 1. The summed E-state index contributed by atoms with van der Waals surface area (Å²) in [6, 6.07) is 7.15. The smallest absolute Gasteiger partial charge is 0.218 e. The zero-order chi connectivity index (χ0) is 15.0. The number of nitrogens with two attached hydrogens (primary N) is 1. The van der Waals surface area contributed by atoms with Crippen molar-refractivity contribution < 1.29 is 18.3 Å². The van der Waals surface area contributed by atoms with Gasteiger partial charge >= 0.3 is 0 Å². The summed E-state index contributed by atoms with van der Waals surface area (Å²) >= 11 is 0. The summed E-state index contributed by atoms with van der Waals surface area (Å²) in [7, 11) is -1.96. The van der Waals surface area contributed by atoms with Crippen LogP contribution in [-0.4, -0.2) is 51.2 Å². The predicted octanol–water partition coefficient (Wildman–Crippen LogP) is -0.0842. The standard InChI is InChI=1S/C13H22N2O4S/c1-19-9-7-15(6-8-16)20(17,18)11-13-4-2-12(10-14)3-5-13/h2-5,16H,6-11,14H2,1H3. The first-order valence-corrected chi connectivity index (χ1v) is 8.00. The normalized spacial score (nSPS) is 12.0. The molecule has 0 aliphatic rings. The van der Waals surface area contributed by atoms with Gasteiger partial charge in [-0.15, -0.1) is 0 Å². The minimum absolute atomic E-state index is 0.0760. The van der Waals surface area contributed by atoms with Gasteiger partial charge in [0.1, 0.15) is 0 Å². The molecule has 1 aromatic carbocycles. The van der Waals surface area contributed by atoms with Crippen molar-refractivity contribution in [3.8, 4) is 0 Å². The zero-order valence-corrected chi connectivity index (χ0v) is 12.5. The quantitative estimate of drug-likeness (QED) is 0.665. The molecule has 0 unspecified atom stereocenters. The molecule has 3 N–H and O–H groups in total. The van der Waals surface area contributed by atoms with E-state index in [-0.39, 0.29) is 25.4 Å². The molecule has 0 saturated carbocycles. The van der Waals surface area contributed by atoms with Crippen molar-refractivity contribution in [2.75, 3.05) is 33.4 Å². The summed E-state index contributed by atoms with van der Waals surface area (Å²) < 4.78 is 30.7. The molecule has 20 heavy (non-hydrogen) atoms. The van der Waals surface area contributed by atoms with Gasteiger partial charge in [-0.05, 0) is 11.1 Å². The van der Waals surface area contributed by atoms with Crippen LogP contribution >= 0.6 is 0 Å². The molecular formula is C13H22N2O4S. The Hall–Kier alpha value is -0.990. The number of methoxy groups -OCH3 is 1. The van der Waals surface area contributed by atoms with Gasteiger partial charge in [-0.3, -0.25) is 0 Å². The number of nitrogens with zero attached hydrogens (tertiary/aromatic N) is 1. The van der Waals surface area contributed by atoms with Crippen LogP contribution in [-0.2, 0) is 27.1 Å². The highest BCUT2D eigenvalue weighted by molar-refractivity contribution is 7.88. The molecule has 0 bridgehead atoms. The molecule has 6 nitrogen and oxygen atoms in total. The SMILES string of the molecule is COCCN(CCO)S(=O)(=O)Cc1ccc(CN)cc1. The second-order valence-corrected chi connectivity index (χ2v) is 6.36. The lowest BCUT2D eigenvalue weighted by atomic mass is 10.1. The van der Waals surface area contributed by atoms with E-state index in [1.165, 1.54) is 11.4 Å². The Balaban J connectivity index is 2.78. The molecule has 0 heterocycles. The third kappa shape index (κ3) is 5.18. The highest BCUT2D eigenvalue weighted by Crippen LogP contribution is 2.12. The van der Waals surface area contributed by atoms with Crippen molar-refractivity contribution in [1.29, 1.82) is 0 Å². The molecule has 7 heteroatoms. The van der Waals surface area contributed by atoms with E-state index in [1.54, 1.807) is 12.1 Å². The van der Waals surface area contributed by atoms with Crippen molar-refractivity contribution in [1.82, 2.24) is 4.31 Å². The molecule has 114 valence electrons. The summed E-state index contributed by atoms with van der Waals surface area (Å²) in [5.41, 5.74) is 7.15. The van der Waals surface area contributed by atoms with Crippen LogP contribution in [0.5, 0.6) is 0 Å². The van der Waals surface area contributed by atoms with Crippen molar-refractivity contribution in [2.24, 2.45) is 5.73 Å². The second kappa shape index (κ2) is 8.33. The van der Waals surface area contributed by atoms with Crippen LogP contribution in [0.3, 0.4) is 0 Å². The third-order valence-electron chi connectivity index (χ3n) is 2.90. The largest absolute Gasteiger partial charge is 0.395 e. The highest BCUT2D eigenvalue weighted by atomic mass is 32.2. The summed E-state index contributed by atoms with van der Waals surface area (Å²) in [5, 5.41) is 8.97. The first-order chi connectivity index (χ1) is 9.53. The van der Waals surface area contributed by atoms with E-state index in [1.807, 2.05) is 12.1 Å². The Kier molecular flexibility index (Phi) is 7.11. The number of aliphatic hydroxyl groups excluding tert-OH is 1. The summed E-state index contributed by atoms with van der Waals surface area (Å²) in [6.07, 6.45) is 0. The molecule has 0 fully saturated rings. The van der Waals surface area contributed by atoms with Crippen molar-refractivity contribution in [2.45, 2.75) is 12.3 Å². The molecule has 0 radical (unpaired) electrons. The fourth-order valence-electron chi connectivity index (χ4n) is 1.77. The average Bonchev–Trinajstić information content (AvgIpc) is 2.43. The van der Waals surface area contributed by atoms with E-state index in [2.05, 4.69) is 0 Å². The van der Waals surface area contributed by atoms with Crippen LogP contribution in [0.2, 0.25) is 0 Å². The molecular weight excluding hydrogens is 280 g/mol. The lowest BCUT2D eigenvalue weighted by Crippen LogP contribution is -2.37. The van der Waals surface area contributed by atoms with Crippen LogP contribution in [0, 0.1) is 0 Å². The lowest BCUT2D eigenvalue weighted by Gasteiger charge is -2.21. The van der Waals surface area contributed by atoms with Gasteiger partial charge in [-0.2, -0.15) is 4.31 Å². The van der Waals surface area contributed by atoms with Crippen LogP contribution in [0.4, 0.5) is 0 Å². The van der Waals surface area contributed by atoms with Gasteiger partial charge in [-0.1, -0.05) is 24.3 Å². The van der Waals surface area contributed by atoms with Gasteiger partial charge in [0.15, 0.2) is 0 Å². The Morgan fingerprint density at radius 3 is 2.30 bits per heavy atom. The topological polar surface area (TPSA) is 92.9 Å². The number of hydrogen-bond donors (Lipinski definition) is 2. The van der Waals surface area contributed by atoms with Crippen LogP contribution in [0.15, 0.2) is 24.3 Å². The lowest BCUT2D eigenvalue weighted by molar-refractivity contribution is 0.168. The van der Waals surface area contributed by atoms with Gasteiger partial charge in [0, 0.05) is 26.7 Å². The highest BCUT2D eigenvalue weighted by Gasteiger charge is 2.21. The van der Waals surface area contributed by atoms with Gasteiger partial charge < -0.3 is 15.6 Å². The number of ether oxygens (including phenoxy) is 1. The second-order valence-electron chi connectivity index (χ2n) is 4.39. The fraction of sp³-hybridized carbons (Fsp3) is 0.538. The van der Waals surface area contributed by atoms with Crippen molar-refractivity contribution in [3.05, 3.63) is 35.4 Å². The molecule has 0 amide bonds. The minimum Gasteiger partial charge on any atom is -0.395 e. The molecule has 0 saturated heterocycles. The van der Waals surface area contributed by atoms with Crippen molar-refractivity contribution in [3.63, 3.8) is 0 Å². The third-order valence-corrected chi connectivity index (χ3v) is 4.75. The summed E-state index contributed by atoms with van der Waals surface area (Å²) in [4.78, 5) is 0. The minimum atomic E-state index is -3.47. The molecule has 0 aromatic heterocycles. The van der Waals surface area contributed by atoms with E-state index >= 15 is 0 Å². The summed E-state index contributed by atoms with van der Waals surface area (Å²) in [6.45, 7) is 0.824. The van der Waals surface area contributed by atoms with Gasteiger partial charge in [-0.25, -0.2) is 8.42 Å². The maximum Gasteiger partial charge on any atom is 0.218 e. The van der Waals surface area contributed by atoms with Crippen molar-refractivity contribution >= 4 is 10.0 Å². The zero-order valence-electron chi connectivity index (χ0n) is 11.7. The fourth-order valence-corrected chi connectivity index (χ4v) is 3.28.